The van der Waals surface area contributed by atoms with Crippen LogP contribution >= 0.6 is 23.8 Å². The van der Waals surface area contributed by atoms with E-state index in [4.69, 9.17) is 34.3 Å². The Hall–Kier alpha value is -1.33. The number of hydrogen-bond donors (Lipinski definition) is 2. The van der Waals surface area contributed by atoms with Crippen molar-refractivity contribution in [1.82, 2.24) is 5.32 Å². The Morgan fingerprint density at radius 1 is 1.48 bits per heavy atom. The summed E-state index contributed by atoms with van der Waals surface area (Å²) in [5, 5.41) is 3.26. The van der Waals surface area contributed by atoms with Gasteiger partial charge in [0.2, 0.25) is 0 Å². The highest BCUT2D eigenvalue weighted by Gasteiger charge is 2.15. The van der Waals surface area contributed by atoms with Crippen LogP contribution in [0.3, 0.4) is 0 Å². The predicted molar refractivity (Wildman–Crippen MR) is 90.0 cm³/mol. The topological polar surface area (TPSA) is 64.3 Å². The van der Waals surface area contributed by atoms with Crippen molar-refractivity contribution in [2.24, 2.45) is 5.73 Å². The summed E-state index contributed by atoms with van der Waals surface area (Å²) in [7, 11) is 0. The van der Waals surface area contributed by atoms with Gasteiger partial charge in [0.05, 0.1) is 5.02 Å². The highest BCUT2D eigenvalue weighted by atomic mass is 35.5. The molecule has 4 nitrogen and oxygen atoms in total. The third-order valence-electron chi connectivity index (χ3n) is 2.97. The molecule has 21 heavy (non-hydrogen) atoms. The van der Waals surface area contributed by atoms with E-state index in [1.807, 2.05) is 0 Å². The van der Waals surface area contributed by atoms with Gasteiger partial charge >= 0.3 is 0 Å². The Morgan fingerprint density at radius 3 is 2.76 bits per heavy atom. The second-order valence-corrected chi connectivity index (χ2v) is 5.61. The summed E-state index contributed by atoms with van der Waals surface area (Å²) in [4.78, 5) is 12.1. The van der Waals surface area contributed by atoms with Gasteiger partial charge in [0, 0.05) is 12.1 Å². The van der Waals surface area contributed by atoms with E-state index < -0.39 is 6.10 Å². The van der Waals surface area contributed by atoms with Crippen molar-refractivity contribution in [3.8, 4) is 5.75 Å². The molecule has 0 bridgehead atoms. The van der Waals surface area contributed by atoms with Crippen LogP contribution in [0.25, 0.3) is 0 Å². The van der Waals surface area contributed by atoms with Crippen LogP contribution in [0, 0.1) is 0 Å². The molecule has 1 rings (SSSR count). The molecule has 0 radical (unpaired) electrons. The summed E-state index contributed by atoms with van der Waals surface area (Å²) in [5.74, 6) is 0.372. The number of hydrogen-bond acceptors (Lipinski definition) is 3. The number of carbonyl (C=O) groups is 1. The second kappa shape index (κ2) is 8.85. The molecule has 0 aliphatic heterocycles. The Kier molecular flexibility index (Phi) is 7.47. The largest absolute Gasteiger partial charge is 0.481 e. The van der Waals surface area contributed by atoms with Crippen LogP contribution < -0.4 is 15.8 Å². The van der Waals surface area contributed by atoms with E-state index in [0.29, 0.717) is 22.9 Å². The van der Waals surface area contributed by atoms with Crippen molar-refractivity contribution in [3.05, 3.63) is 28.8 Å². The highest BCUT2D eigenvalue weighted by molar-refractivity contribution is 7.80. The lowest BCUT2D eigenvalue weighted by molar-refractivity contribution is -0.127. The van der Waals surface area contributed by atoms with Crippen LogP contribution in [0.1, 0.15) is 38.7 Å². The number of amides is 1. The van der Waals surface area contributed by atoms with Gasteiger partial charge in [-0.3, -0.25) is 4.79 Å². The zero-order valence-electron chi connectivity index (χ0n) is 12.3. The van der Waals surface area contributed by atoms with Gasteiger partial charge < -0.3 is 15.8 Å². The van der Waals surface area contributed by atoms with Gasteiger partial charge in [0.1, 0.15) is 10.7 Å². The number of nitrogens with two attached hydrogens (primary N) is 1. The minimum Gasteiger partial charge on any atom is -0.481 e. The predicted octanol–water partition coefficient (Wildman–Crippen LogP) is 3.05. The molecule has 1 aromatic carbocycles. The van der Waals surface area contributed by atoms with Gasteiger partial charge in [-0.1, -0.05) is 43.6 Å². The third-order valence-corrected chi connectivity index (χ3v) is 3.50. The van der Waals surface area contributed by atoms with Crippen molar-refractivity contribution >= 4 is 34.7 Å². The van der Waals surface area contributed by atoms with Crippen LogP contribution in [0.2, 0.25) is 5.02 Å². The van der Waals surface area contributed by atoms with Crippen LogP contribution in [0.5, 0.6) is 5.75 Å². The monoisotopic (exact) mass is 328 g/mol. The van der Waals surface area contributed by atoms with E-state index >= 15 is 0 Å². The molecule has 0 aromatic heterocycles. The minimum atomic E-state index is -0.585. The molecule has 0 aliphatic carbocycles. The molecule has 0 fully saturated rings. The van der Waals surface area contributed by atoms with Crippen molar-refractivity contribution in [2.45, 2.75) is 39.2 Å². The average Bonchev–Trinajstić information content (AvgIpc) is 2.43. The fraction of sp³-hybridized carbons (Fsp3) is 0.467. The first-order valence-electron chi connectivity index (χ1n) is 6.99. The maximum Gasteiger partial charge on any atom is 0.260 e. The first kappa shape index (κ1) is 17.7. The van der Waals surface area contributed by atoms with E-state index in [1.54, 1.807) is 25.1 Å². The van der Waals surface area contributed by atoms with Gasteiger partial charge in [0.15, 0.2) is 6.10 Å². The summed E-state index contributed by atoms with van der Waals surface area (Å²) in [6, 6.07) is 4.99. The van der Waals surface area contributed by atoms with Crippen molar-refractivity contribution in [1.29, 1.82) is 0 Å². The molecule has 116 valence electrons. The second-order valence-electron chi connectivity index (χ2n) is 4.76. The Morgan fingerprint density at radius 2 is 2.19 bits per heavy atom. The Balaban J connectivity index is 2.54. The molecule has 3 N–H and O–H groups in total. The SMILES string of the molecule is CCCCCNC(=O)C(C)Oc1ccc(C(N)=S)c(Cl)c1. The summed E-state index contributed by atoms with van der Waals surface area (Å²) in [6.07, 6.45) is 2.61. The quantitative estimate of drug-likeness (QED) is 0.568. The fourth-order valence-electron chi connectivity index (χ4n) is 1.76. The molecule has 1 atom stereocenters. The Bertz CT molecular complexity index is 508. The first-order valence-corrected chi connectivity index (χ1v) is 7.78. The van der Waals surface area contributed by atoms with Crippen molar-refractivity contribution in [2.75, 3.05) is 6.54 Å². The first-order chi connectivity index (χ1) is 9.95. The number of unbranched alkanes of at least 4 members (excludes halogenated alkanes) is 2. The number of halogens is 1. The maximum absolute atomic E-state index is 11.9. The molecule has 1 unspecified atom stereocenters. The minimum absolute atomic E-state index is 0.138. The van der Waals surface area contributed by atoms with E-state index in [2.05, 4.69) is 12.2 Å². The smallest absolute Gasteiger partial charge is 0.260 e. The van der Waals surface area contributed by atoms with E-state index in [-0.39, 0.29) is 10.9 Å². The molecule has 0 heterocycles. The summed E-state index contributed by atoms with van der Waals surface area (Å²) in [5.41, 5.74) is 6.13. The maximum atomic E-state index is 11.9. The number of ether oxygens (including phenoxy) is 1. The fourth-order valence-corrected chi connectivity index (χ4v) is 2.26. The van der Waals surface area contributed by atoms with Gasteiger partial charge in [-0.25, -0.2) is 0 Å². The average molecular weight is 329 g/mol. The van der Waals surface area contributed by atoms with E-state index in [9.17, 15) is 4.79 Å². The molecule has 6 heteroatoms. The molecule has 0 saturated carbocycles. The number of carbonyl (C=O) groups excluding carboxylic acids is 1. The molecule has 0 saturated heterocycles. The molecule has 0 aliphatic rings. The highest BCUT2D eigenvalue weighted by Crippen LogP contribution is 2.23. The normalized spacial score (nSPS) is 11.8. The number of nitrogens with one attached hydrogen (secondary N) is 1. The summed E-state index contributed by atoms with van der Waals surface area (Å²) < 4.78 is 5.57. The summed E-state index contributed by atoms with van der Waals surface area (Å²) >= 11 is 10.9. The molecule has 1 amide bonds. The zero-order chi connectivity index (χ0) is 15.8. The van der Waals surface area contributed by atoms with Gasteiger partial charge in [-0.2, -0.15) is 0 Å². The van der Waals surface area contributed by atoms with Crippen LogP contribution in [-0.2, 0) is 4.79 Å². The number of thiocarbonyl (C=S) groups is 1. The summed E-state index contributed by atoms with van der Waals surface area (Å²) in [6.45, 7) is 4.49. The standard InChI is InChI=1S/C15H21ClN2O2S/c1-3-4-5-8-18-15(19)10(2)20-11-6-7-12(14(17)21)13(16)9-11/h6-7,9-10H,3-5,8H2,1-2H3,(H2,17,21)(H,18,19). The number of benzene rings is 1. The van der Waals surface area contributed by atoms with E-state index in [0.717, 1.165) is 19.3 Å². The molecule has 0 spiro atoms. The lowest BCUT2D eigenvalue weighted by Crippen LogP contribution is -2.36. The van der Waals surface area contributed by atoms with Crippen molar-refractivity contribution in [3.63, 3.8) is 0 Å². The Labute approximate surface area is 136 Å². The van der Waals surface area contributed by atoms with Crippen LogP contribution in [0.15, 0.2) is 18.2 Å². The molecular formula is C15H21ClN2O2S. The molecular weight excluding hydrogens is 308 g/mol. The molecule has 1 aromatic rings. The van der Waals surface area contributed by atoms with Crippen LogP contribution in [0.4, 0.5) is 0 Å². The van der Waals surface area contributed by atoms with Gasteiger partial charge in [-0.15, -0.1) is 0 Å². The van der Waals surface area contributed by atoms with Crippen molar-refractivity contribution < 1.29 is 9.53 Å². The zero-order valence-corrected chi connectivity index (χ0v) is 13.9. The van der Waals surface area contributed by atoms with Gasteiger partial charge in [-0.05, 0) is 31.5 Å². The lowest BCUT2D eigenvalue weighted by atomic mass is 10.2. The van der Waals surface area contributed by atoms with Crippen LogP contribution in [-0.4, -0.2) is 23.5 Å². The van der Waals surface area contributed by atoms with Gasteiger partial charge in [0.25, 0.3) is 5.91 Å². The van der Waals surface area contributed by atoms with E-state index in [1.165, 1.54) is 0 Å². The lowest BCUT2D eigenvalue weighted by Gasteiger charge is -2.15. The third kappa shape index (κ3) is 5.89. The number of rotatable bonds is 8.